The lowest BCUT2D eigenvalue weighted by Crippen LogP contribution is -2.13. The molecular formula is C25H22FN3O2. The minimum atomic E-state index is -0.461. The number of amides is 1. The number of carbonyl (C=O) groups is 1. The largest absolute Gasteiger partial charge is 0.439 e. The van der Waals surface area contributed by atoms with Crippen molar-refractivity contribution in [2.24, 2.45) is 0 Å². The highest BCUT2D eigenvalue weighted by Gasteiger charge is 2.20. The Balaban J connectivity index is 1.60. The van der Waals surface area contributed by atoms with Crippen molar-refractivity contribution >= 4 is 11.6 Å². The van der Waals surface area contributed by atoms with E-state index in [-0.39, 0.29) is 18.0 Å². The zero-order valence-electron chi connectivity index (χ0n) is 17.1. The van der Waals surface area contributed by atoms with E-state index in [1.807, 2.05) is 67.6 Å². The monoisotopic (exact) mass is 415 g/mol. The number of carbonyl (C=O) groups excluding carboxylic acids is 1. The lowest BCUT2D eigenvalue weighted by atomic mass is 10.1. The molecule has 0 bridgehead atoms. The third-order valence-electron chi connectivity index (χ3n) is 4.85. The zero-order chi connectivity index (χ0) is 21.6. The summed E-state index contributed by atoms with van der Waals surface area (Å²) >= 11 is 0. The van der Waals surface area contributed by atoms with Gasteiger partial charge in [0.05, 0.1) is 17.1 Å². The summed E-state index contributed by atoms with van der Waals surface area (Å²) in [6, 6.07) is 25.2. The van der Waals surface area contributed by atoms with E-state index in [4.69, 9.17) is 4.74 Å². The number of aryl methyl sites for hydroxylation is 1. The maximum Gasteiger partial charge on any atom is 0.226 e. The molecule has 1 amide bonds. The molecule has 0 atom stereocenters. The Hall–Kier alpha value is -3.93. The average molecular weight is 415 g/mol. The van der Waals surface area contributed by atoms with E-state index in [9.17, 15) is 9.18 Å². The second kappa shape index (κ2) is 9.26. The molecule has 156 valence electrons. The van der Waals surface area contributed by atoms with Crippen LogP contribution in [0, 0.1) is 12.7 Å². The zero-order valence-corrected chi connectivity index (χ0v) is 17.1. The molecule has 0 aliphatic heterocycles. The Bertz CT molecular complexity index is 1170. The molecule has 6 heteroatoms. The van der Waals surface area contributed by atoms with E-state index >= 15 is 0 Å². The number of benzene rings is 3. The number of nitrogens with zero attached hydrogens (tertiary/aromatic N) is 2. The molecule has 1 N–H and O–H groups in total. The Morgan fingerprint density at radius 3 is 2.32 bits per heavy atom. The van der Waals surface area contributed by atoms with Crippen LogP contribution < -0.4 is 10.1 Å². The molecule has 5 nitrogen and oxygen atoms in total. The number of para-hydroxylation sites is 3. The minimum Gasteiger partial charge on any atom is -0.439 e. The fourth-order valence-electron chi connectivity index (χ4n) is 3.29. The minimum absolute atomic E-state index is 0.167. The van der Waals surface area contributed by atoms with Gasteiger partial charge in [0.15, 0.2) is 0 Å². The topological polar surface area (TPSA) is 56.2 Å². The first-order valence-electron chi connectivity index (χ1n) is 10.0. The van der Waals surface area contributed by atoms with Crippen molar-refractivity contribution in [3.8, 4) is 17.3 Å². The summed E-state index contributed by atoms with van der Waals surface area (Å²) in [6.45, 7) is 1.89. The number of halogens is 1. The van der Waals surface area contributed by atoms with Gasteiger partial charge >= 0.3 is 0 Å². The predicted octanol–water partition coefficient (Wildman–Crippen LogP) is 5.68. The van der Waals surface area contributed by atoms with Gasteiger partial charge in [-0.2, -0.15) is 5.10 Å². The Labute approximate surface area is 180 Å². The molecule has 0 saturated carbocycles. The van der Waals surface area contributed by atoms with Crippen molar-refractivity contribution in [1.82, 2.24) is 9.78 Å². The summed E-state index contributed by atoms with van der Waals surface area (Å²) in [5, 5.41) is 7.28. The van der Waals surface area contributed by atoms with E-state index in [1.165, 1.54) is 12.1 Å². The van der Waals surface area contributed by atoms with Crippen LogP contribution in [-0.2, 0) is 11.2 Å². The number of ether oxygens (including phenoxy) is 1. The lowest BCUT2D eigenvalue weighted by molar-refractivity contribution is -0.116. The lowest BCUT2D eigenvalue weighted by Gasteiger charge is -2.11. The van der Waals surface area contributed by atoms with E-state index in [2.05, 4.69) is 10.4 Å². The molecule has 1 aromatic heterocycles. The van der Waals surface area contributed by atoms with Crippen LogP contribution in [0.5, 0.6) is 11.6 Å². The molecule has 1 heterocycles. The molecular weight excluding hydrogens is 393 g/mol. The first kappa shape index (κ1) is 20.3. The fraction of sp³-hybridized carbons (Fsp3) is 0.120. The van der Waals surface area contributed by atoms with Gasteiger partial charge in [-0.05, 0) is 49.7 Å². The standard InChI is InChI=1S/C25H22FN3O2/c1-18-21(16-17-24(30)27-23-15-9-8-14-22(23)26)25(31-20-12-6-3-7-13-20)29(28-18)19-10-4-2-5-11-19/h2-15H,16-17H2,1H3,(H,27,30). The molecule has 0 aliphatic rings. The van der Waals surface area contributed by atoms with Gasteiger partial charge in [0.25, 0.3) is 0 Å². The third kappa shape index (κ3) is 4.80. The summed E-state index contributed by atoms with van der Waals surface area (Å²) in [4.78, 5) is 12.4. The molecule has 31 heavy (non-hydrogen) atoms. The summed E-state index contributed by atoms with van der Waals surface area (Å²) in [5.74, 6) is 0.505. The van der Waals surface area contributed by atoms with Crippen LogP contribution in [0.2, 0.25) is 0 Å². The van der Waals surface area contributed by atoms with Crippen LogP contribution in [-0.4, -0.2) is 15.7 Å². The van der Waals surface area contributed by atoms with Crippen molar-refractivity contribution in [2.75, 3.05) is 5.32 Å². The van der Waals surface area contributed by atoms with Crippen molar-refractivity contribution in [3.05, 3.63) is 102 Å². The molecule has 3 aromatic carbocycles. The van der Waals surface area contributed by atoms with Gasteiger partial charge in [-0.25, -0.2) is 9.07 Å². The highest BCUT2D eigenvalue weighted by molar-refractivity contribution is 5.91. The van der Waals surface area contributed by atoms with Crippen LogP contribution in [0.15, 0.2) is 84.9 Å². The predicted molar refractivity (Wildman–Crippen MR) is 118 cm³/mol. The maximum atomic E-state index is 13.8. The van der Waals surface area contributed by atoms with Crippen LogP contribution in [0.4, 0.5) is 10.1 Å². The Morgan fingerprint density at radius 1 is 0.968 bits per heavy atom. The number of rotatable bonds is 7. The van der Waals surface area contributed by atoms with Crippen LogP contribution >= 0.6 is 0 Å². The SMILES string of the molecule is Cc1nn(-c2ccccc2)c(Oc2ccccc2)c1CCC(=O)Nc1ccccc1F. The summed E-state index contributed by atoms with van der Waals surface area (Å²) < 4.78 is 21.8. The van der Waals surface area contributed by atoms with Gasteiger partial charge in [0, 0.05) is 12.0 Å². The van der Waals surface area contributed by atoms with Gasteiger partial charge in [-0.1, -0.05) is 48.5 Å². The van der Waals surface area contributed by atoms with Crippen LogP contribution in [0.25, 0.3) is 5.69 Å². The van der Waals surface area contributed by atoms with Gasteiger partial charge < -0.3 is 10.1 Å². The first-order chi connectivity index (χ1) is 15.1. The van der Waals surface area contributed by atoms with Gasteiger partial charge in [0.2, 0.25) is 11.8 Å². The first-order valence-corrected chi connectivity index (χ1v) is 10.0. The number of nitrogens with one attached hydrogen (secondary N) is 1. The Kier molecular flexibility index (Phi) is 6.08. The fourth-order valence-corrected chi connectivity index (χ4v) is 3.29. The van der Waals surface area contributed by atoms with Gasteiger partial charge in [-0.3, -0.25) is 4.79 Å². The molecule has 0 radical (unpaired) electrons. The molecule has 0 spiro atoms. The normalized spacial score (nSPS) is 10.6. The van der Waals surface area contributed by atoms with Crippen molar-refractivity contribution in [2.45, 2.75) is 19.8 Å². The highest BCUT2D eigenvalue weighted by Crippen LogP contribution is 2.31. The molecule has 4 aromatic rings. The van der Waals surface area contributed by atoms with E-state index in [0.29, 0.717) is 18.1 Å². The van der Waals surface area contributed by atoms with Gasteiger partial charge in [0.1, 0.15) is 11.6 Å². The van der Waals surface area contributed by atoms with Gasteiger partial charge in [-0.15, -0.1) is 0 Å². The number of hydrogen-bond acceptors (Lipinski definition) is 3. The van der Waals surface area contributed by atoms with Crippen molar-refractivity contribution in [3.63, 3.8) is 0 Å². The van der Waals surface area contributed by atoms with E-state index < -0.39 is 5.82 Å². The average Bonchev–Trinajstić information content (AvgIpc) is 3.10. The number of hydrogen-bond donors (Lipinski definition) is 1. The molecule has 0 unspecified atom stereocenters. The maximum absolute atomic E-state index is 13.8. The van der Waals surface area contributed by atoms with E-state index in [0.717, 1.165) is 16.9 Å². The quantitative estimate of drug-likeness (QED) is 0.422. The molecule has 0 fully saturated rings. The second-order valence-electron chi connectivity index (χ2n) is 7.06. The van der Waals surface area contributed by atoms with Crippen LogP contribution in [0.3, 0.4) is 0 Å². The highest BCUT2D eigenvalue weighted by atomic mass is 19.1. The van der Waals surface area contributed by atoms with Crippen LogP contribution in [0.1, 0.15) is 17.7 Å². The molecule has 0 saturated heterocycles. The third-order valence-corrected chi connectivity index (χ3v) is 4.85. The molecule has 0 aliphatic carbocycles. The second-order valence-corrected chi connectivity index (χ2v) is 7.06. The Morgan fingerprint density at radius 2 is 1.61 bits per heavy atom. The summed E-state index contributed by atoms with van der Waals surface area (Å²) in [6.07, 6.45) is 0.571. The van der Waals surface area contributed by atoms with E-state index in [1.54, 1.807) is 16.8 Å². The van der Waals surface area contributed by atoms with Crippen molar-refractivity contribution < 1.29 is 13.9 Å². The summed E-state index contributed by atoms with van der Waals surface area (Å²) in [5.41, 5.74) is 2.63. The smallest absolute Gasteiger partial charge is 0.226 e. The van der Waals surface area contributed by atoms with Crippen molar-refractivity contribution in [1.29, 1.82) is 0 Å². The molecule has 4 rings (SSSR count). The summed E-state index contributed by atoms with van der Waals surface area (Å²) in [7, 11) is 0. The number of anilines is 1. The number of aromatic nitrogens is 2.